The SMILES string of the molecule is CCCC(O)c1ccc(C2CCC3C(c4ccc(OCC)c(F)c4F)CCC23)c(F)c1F. The van der Waals surface area contributed by atoms with E-state index in [0.717, 1.165) is 12.8 Å². The van der Waals surface area contributed by atoms with Crippen LogP contribution in [0.4, 0.5) is 17.6 Å². The second kappa shape index (κ2) is 9.42. The summed E-state index contributed by atoms with van der Waals surface area (Å²) in [5.74, 6) is -3.88. The summed E-state index contributed by atoms with van der Waals surface area (Å²) in [7, 11) is 0. The average molecular weight is 451 g/mol. The van der Waals surface area contributed by atoms with Crippen LogP contribution in [0.15, 0.2) is 24.3 Å². The molecule has 32 heavy (non-hydrogen) atoms. The van der Waals surface area contributed by atoms with Crippen LogP contribution in [0.3, 0.4) is 0 Å². The topological polar surface area (TPSA) is 29.5 Å². The van der Waals surface area contributed by atoms with Gasteiger partial charge in [-0.3, -0.25) is 0 Å². The predicted molar refractivity (Wildman–Crippen MR) is 115 cm³/mol. The lowest BCUT2D eigenvalue weighted by Gasteiger charge is -2.23. The molecule has 2 aromatic rings. The van der Waals surface area contributed by atoms with E-state index in [1.165, 1.54) is 12.1 Å². The minimum atomic E-state index is -1.02. The van der Waals surface area contributed by atoms with Gasteiger partial charge in [-0.05, 0) is 79.9 Å². The number of aliphatic hydroxyl groups excluding tert-OH is 1. The number of fused-ring (bicyclic) bond motifs is 1. The van der Waals surface area contributed by atoms with Crippen LogP contribution in [0.2, 0.25) is 0 Å². The summed E-state index contributed by atoms with van der Waals surface area (Å²) in [6.07, 6.45) is 2.91. The summed E-state index contributed by atoms with van der Waals surface area (Å²) >= 11 is 0. The summed E-state index contributed by atoms with van der Waals surface area (Å²) in [5.41, 5.74) is 0.684. The van der Waals surface area contributed by atoms with Crippen molar-refractivity contribution < 1.29 is 27.4 Å². The number of aliphatic hydroxyl groups is 1. The summed E-state index contributed by atoms with van der Waals surface area (Å²) < 4.78 is 64.2. The number of benzene rings is 2. The van der Waals surface area contributed by atoms with E-state index >= 15 is 4.39 Å². The van der Waals surface area contributed by atoms with Crippen molar-refractivity contribution in [3.05, 3.63) is 64.2 Å². The van der Waals surface area contributed by atoms with Crippen LogP contribution in [-0.4, -0.2) is 11.7 Å². The van der Waals surface area contributed by atoms with Crippen molar-refractivity contribution in [2.24, 2.45) is 11.8 Å². The number of rotatable bonds is 7. The Balaban J connectivity index is 1.58. The zero-order chi connectivity index (χ0) is 23.0. The summed E-state index contributed by atoms with van der Waals surface area (Å²) in [5, 5.41) is 10.1. The van der Waals surface area contributed by atoms with Crippen molar-refractivity contribution in [3.8, 4) is 5.75 Å². The summed E-state index contributed by atoms with van der Waals surface area (Å²) in [6.45, 7) is 3.84. The molecule has 0 saturated heterocycles. The molecule has 6 heteroatoms. The Morgan fingerprint density at radius 1 is 0.812 bits per heavy atom. The van der Waals surface area contributed by atoms with E-state index in [9.17, 15) is 18.3 Å². The standard InChI is InChI=1S/C26H30F4O2/c1-3-5-21(31)20-11-10-18(23(27)25(20)29)16-8-6-15-14(16)7-9-17(15)19-12-13-22(32-4-2)26(30)24(19)28/h10-17,21,31H,3-9H2,1-2H3. The highest BCUT2D eigenvalue weighted by Crippen LogP contribution is 2.58. The second-order valence-electron chi connectivity index (χ2n) is 9.09. The quantitative estimate of drug-likeness (QED) is 0.454. The molecule has 2 aromatic carbocycles. The molecule has 2 aliphatic carbocycles. The van der Waals surface area contributed by atoms with E-state index in [1.54, 1.807) is 19.1 Å². The van der Waals surface area contributed by atoms with Gasteiger partial charge >= 0.3 is 0 Å². The van der Waals surface area contributed by atoms with Gasteiger partial charge in [-0.25, -0.2) is 13.2 Å². The first-order valence-corrected chi connectivity index (χ1v) is 11.6. The molecule has 2 fully saturated rings. The molecule has 0 amide bonds. The lowest BCUT2D eigenvalue weighted by atomic mass is 9.82. The molecule has 0 aliphatic heterocycles. The number of halogens is 4. The molecule has 2 nitrogen and oxygen atoms in total. The van der Waals surface area contributed by atoms with Crippen molar-refractivity contribution >= 4 is 0 Å². The molecule has 2 aliphatic rings. The van der Waals surface area contributed by atoms with Gasteiger partial charge in [0.15, 0.2) is 23.2 Å². The highest BCUT2D eigenvalue weighted by Gasteiger charge is 2.47. The average Bonchev–Trinajstić information content (AvgIpc) is 3.36. The van der Waals surface area contributed by atoms with Gasteiger partial charge in [-0.1, -0.05) is 31.5 Å². The summed E-state index contributed by atoms with van der Waals surface area (Å²) in [6, 6.07) is 6.18. The van der Waals surface area contributed by atoms with Gasteiger partial charge in [-0.2, -0.15) is 4.39 Å². The maximum atomic E-state index is 15.0. The zero-order valence-corrected chi connectivity index (χ0v) is 18.5. The molecule has 1 N–H and O–H groups in total. The fraction of sp³-hybridized carbons (Fsp3) is 0.538. The van der Waals surface area contributed by atoms with Gasteiger partial charge in [0, 0.05) is 5.56 Å². The largest absolute Gasteiger partial charge is 0.491 e. The van der Waals surface area contributed by atoms with Crippen molar-refractivity contribution in [2.75, 3.05) is 6.61 Å². The first-order valence-electron chi connectivity index (χ1n) is 11.6. The molecule has 5 atom stereocenters. The van der Waals surface area contributed by atoms with Crippen LogP contribution in [0, 0.1) is 35.1 Å². The van der Waals surface area contributed by atoms with E-state index in [2.05, 4.69) is 0 Å². The Labute approximate surface area is 186 Å². The Kier molecular flexibility index (Phi) is 6.80. The predicted octanol–water partition coefficient (Wildman–Crippen LogP) is 7.16. The fourth-order valence-electron chi connectivity index (χ4n) is 6.02. The monoisotopic (exact) mass is 450 g/mol. The molecular formula is C26H30F4O2. The van der Waals surface area contributed by atoms with Crippen LogP contribution >= 0.6 is 0 Å². The number of ether oxygens (including phenoxy) is 1. The molecule has 0 heterocycles. The van der Waals surface area contributed by atoms with Crippen molar-refractivity contribution in [1.82, 2.24) is 0 Å². The third kappa shape index (κ3) is 3.91. The van der Waals surface area contributed by atoms with Crippen molar-refractivity contribution in [2.45, 2.75) is 70.3 Å². The maximum absolute atomic E-state index is 15.0. The minimum absolute atomic E-state index is 0.00104. The Bertz CT molecular complexity index is 977. The van der Waals surface area contributed by atoms with Gasteiger partial charge in [-0.15, -0.1) is 0 Å². The van der Waals surface area contributed by atoms with E-state index in [-0.39, 0.29) is 41.6 Å². The van der Waals surface area contributed by atoms with Crippen molar-refractivity contribution in [3.63, 3.8) is 0 Å². The molecule has 5 unspecified atom stereocenters. The van der Waals surface area contributed by atoms with E-state index < -0.39 is 29.4 Å². The Hall–Kier alpha value is -2.08. The molecule has 0 spiro atoms. The van der Waals surface area contributed by atoms with E-state index in [1.807, 2.05) is 6.92 Å². The third-order valence-corrected chi connectivity index (χ3v) is 7.44. The number of hydrogen-bond donors (Lipinski definition) is 1. The molecule has 4 rings (SSSR count). The highest BCUT2D eigenvalue weighted by atomic mass is 19.2. The third-order valence-electron chi connectivity index (χ3n) is 7.44. The zero-order valence-electron chi connectivity index (χ0n) is 18.5. The first-order chi connectivity index (χ1) is 15.4. The minimum Gasteiger partial charge on any atom is -0.491 e. The molecule has 0 aromatic heterocycles. The van der Waals surface area contributed by atoms with Crippen LogP contribution in [-0.2, 0) is 0 Å². The molecule has 174 valence electrons. The van der Waals surface area contributed by atoms with E-state index in [0.29, 0.717) is 36.8 Å². The lowest BCUT2D eigenvalue weighted by Crippen LogP contribution is -2.15. The van der Waals surface area contributed by atoms with Crippen LogP contribution in [0.5, 0.6) is 5.75 Å². The van der Waals surface area contributed by atoms with Gasteiger partial charge in [0.1, 0.15) is 0 Å². The summed E-state index contributed by atoms with van der Waals surface area (Å²) in [4.78, 5) is 0. The van der Waals surface area contributed by atoms with Gasteiger partial charge < -0.3 is 9.84 Å². The molecular weight excluding hydrogens is 420 g/mol. The molecule has 0 bridgehead atoms. The Morgan fingerprint density at radius 3 is 1.94 bits per heavy atom. The van der Waals surface area contributed by atoms with Gasteiger partial charge in [0.2, 0.25) is 5.82 Å². The number of hydrogen-bond acceptors (Lipinski definition) is 2. The van der Waals surface area contributed by atoms with Gasteiger partial charge in [0.05, 0.1) is 12.7 Å². The first kappa shape index (κ1) is 23.1. The lowest BCUT2D eigenvalue weighted by molar-refractivity contribution is 0.160. The van der Waals surface area contributed by atoms with Crippen molar-refractivity contribution in [1.29, 1.82) is 0 Å². The molecule has 2 saturated carbocycles. The van der Waals surface area contributed by atoms with Crippen LogP contribution < -0.4 is 4.74 Å². The Morgan fingerprint density at radius 2 is 1.38 bits per heavy atom. The highest BCUT2D eigenvalue weighted by molar-refractivity contribution is 5.36. The van der Waals surface area contributed by atoms with Gasteiger partial charge in [0.25, 0.3) is 0 Å². The maximum Gasteiger partial charge on any atom is 0.200 e. The van der Waals surface area contributed by atoms with Crippen LogP contribution in [0.25, 0.3) is 0 Å². The van der Waals surface area contributed by atoms with E-state index in [4.69, 9.17) is 4.74 Å². The second-order valence-corrected chi connectivity index (χ2v) is 9.09. The smallest absolute Gasteiger partial charge is 0.200 e. The fourth-order valence-corrected chi connectivity index (χ4v) is 6.02. The normalized spacial score (nSPS) is 25.7. The molecule has 0 radical (unpaired) electrons. The van der Waals surface area contributed by atoms with Crippen LogP contribution in [0.1, 0.15) is 87.0 Å².